The van der Waals surface area contributed by atoms with E-state index in [1.54, 1.807) is 30.6 Å². The number of nitrogen functional groups attached to an aromatic ring is 1. The molecule has 5 N–H and O–H groups in total. The third kappa shape index (κ3) is 7.29. The molecule has 0 aliphatic rings. The van der Waals surface area contributed by atoms with Crippen molar-refractivity contribution in [1.29, 1.82) is 5.41 Å². The van der Waals surface area contributed by atoms with Crippen molar-refractivity contribution in [2.24, 2.45) is 0 Å². The Morgan fingerprint density at radius 3 is 2.27 bits per heavy atom. The third-order valence-electron chi connectivity index (χ3n) is 6.27. The molecule has 8 nitrogen and oxygen atoms in total. The minimum Gasteiger partial charge on any atom is -0.398 e. The second-order valence-corrected chi connectivity index (χ2v) is 9.63. The molecule has 2 aromatic heterocycles. The van der Waals surface area contributed by atoms with Crippen LogP contribution in [0, 0.1) is 31.1 Å². The van der Waals surface area contributed by atoms with Crippen molar-refractivity contribution in [1.82, 2.24) is 25.5 Å². The summed E-state index contributed by atoms with van der Waals surface area (Å²) in [5.74, 6) is 5.85. The molecule has 0 saturated heterocycles. The number of nitrogens with two attached hydrogens (primary N) is 1. The van der Waals surface area contributed by atoms with Gasteiger partial charge in [-0.2, -0.15) is 0 Å². The summed E-state index contributed by atoms with van der Waals surface area (Å²) in [7, 11) is 7.69. The van der Waals surface area contributed by atoms with Gasteiger partial charge < -0.3 is 21.3 Å². The van der Waals surface area contributed by atoms with Crippen LogP contribution < -0.4 is 16.4 Å². The zero-order chi connectivity index (χ0) is 29.2. The molecule has 0 bridgehead atoms. The lowest BCUT2D eigenvalue weighted by molar-refractivity contribution is 0.0951. The van der Waals surface area contributed by atoms with E-state index in [0.29, 0.717) is 23.4 Å². The molecule has 0 fully saturated rings. The summed E-state index contributed by atoms with van der Waals surface area (Å²) >= 11 is 0. The van der Waals surface area contributed by atoms with Crippen molar-refractivity contribution in [2.45, 2.75) is 13.8 Å². The van der Waals surface area contributed by atoms with Crippen LogP contribution in [0.15, 0.2) is 60.9 Å². The number of hydrogen-bond donors (Lipinski definition) is 4. The molecule has 206 valence electrons. The number of likely N-dealkylation sites (N-methyl/N-ethyl adjacent to an activating group) is 1. The average molecular weight is 536 g/mol. The highest BCUT2D eigenvalue weighted by molar-refractivity contribution is 6.21. The van der Waals surface area contributed by atoms with Gasteiger partial charge in [0.1, 0.15) is 5.71 Å². The number of hydrogen-bond acceptors (Lipinski definition) is 7. The van der Waals surface area contributed by atoms with Gasteiger partial charge in [-0.1, -0.05) is 18.1 Å². The fourth-order valence-corrected chi connectivity index (χ4v) is 4.11. The highest BCUT2D eigenvalue weighted by Gasteiger charge is 2.17. The standard InChI is InChI=1S/C30H30N6O.C2H7N/c1-19-20(2)29(22-6-8-23(9-7-22)30(37)34-17-18-36(3)4)35-26-12-11-25(32)28(27(19)26)24(31)10-5-21-13-15-33-16-14-21;1-3-2/h6-9,11-16,31H,17-18,32H2,1-4H3,(H,34,37);3H,1-2H3. The van der Waals surface area contributed by atoms with Crippen LogP contribution in [0.5, 0.6) is 0 Å². The van der Waals surface area contributed by atoms with Gasteiger partial charge in [0.25, 0.3) is 5.91 Å². The summed E-state index contributed by atoms with van der Waals surface area (Å²) in [5, 5.41) is 15.2. The summed E-state index contributed by atoms with van der Waals surface area (Å²) in [6.45, 7) is 5.40. The van der Waals surface area contributed by atoms with Gasteiger partial charge in [0.05, 0.1) is 11.2 Å². The minimum atomic E-state index is -0.0979. The van der Waals surface area contributed by atoms with Crippen LogP contribution >= 0.6 is 0 Å². The van der Waals surface area contributed by atoms with Crippen molar-refractivity contribution in [2.75, 3.05) is 47.0 Å². The molecule has 4 rings (SSSR count). The molecule has 0 atom stereocenters. The number of nitrogens with one attached hydrogen (secondary N) is 3. The van der Waals surface area contributed by atoms with Crippen molar-refractivity contribution in [3.8, 4) is 23.1 Å². The van der Waals surface area contributed by atoms with Gasteiger partial charge in [-0.05, 0) is 95.5 Å². The normalized spacial score (nSPS) is 10.4. The summed E-state index contributed by atoms with van der Waals surface area (Å²) in [5.41, 5.74) is 13.4. The SMILES string of the molecule is CNC.Cc1c(-c2ccc(C(=O)NCCN(C)C)cc2)nc2ccc(N)c(C(=N)C#Cc3ccncc3)c2c1C. The molecule has 40 heavy (non-hydrogen) atoms. The Kier molecular flexibility index (Phi) is 10.5. The molecular formula is C32H37N7O. The van der Waals surface area contributed by atoms with Gasteiger partial charge in [0.15, 0.2) is 0 Å². The minimum absolute atomic E-state index is 0.0979. The zero-order valence-corrected chi connectivity index (χ0v) is 24.0. The number of carbonyl (C=O) groups is 1. The van der Waals surface area contributed by atoms with Gasteiger partial charge in [-0.15, -0.1) is 0 Å². The van der Waals surface area contributed by atoms with Crippen LogP contribution in [-0.2, 0) is 0 Å². The topological polar surface area (TPSA) is 120 Å². The molecular weight excluding hydrogens is 498 g/mol. The molecule has 8 heteroatoms. The fraction of sp³-hybridized carbons (Fsp3) is 0.250. The van der Waals surface area contributed by atoms with Crippen LogP contribution in [0.3, 0.4) is 0 Å². The lowest BCUT2D eigenvalue weighted by Gasteiger charge is -2.16. The quantitative estimate of drug-likeness (QED) is 0.168. The zero-order valence-electron chi connectivity index (χ0n) is 24.0. The van der Waals surface area contributed by atoms with Crippen LogP contribution in [0.1, 0.15) is 32.6 Å². The molecule has 0 unspecified atom stereocenters. The van der Waals surface area contributed by atoms with Crippen LogP contribution in [0.2, 0.25) is 0 Å². The molecule has 2 aromatic carbocycles. The van der Waals surface area contributed by atoms with Gasteiger partial charge in [-0.3, -0.25) is 15.2 Å². The number of anilines is 1. The predicted octanol–water partition coefficient (Wildman–Crippen LogP) is 4.04. The van der Waals surface area contributed by atoms with Crippen molar-refractivity contribution < 1.29 is 4.79 Å². The largest absolute Gasteiger partial charge is 0.398 e. The number of benzene rings is 2. The molecule has 0 saturated carbocycles. The van der Waals surface area contributed by atoms with Crippen LogP contribution in [0.4, 0.5) is 5.69 Å². The van der Waals surface area contributed by atoms with E-state index in [4.69, 9.17) is 16.1 Å². The summed E-state index contributed by atoms with van der Waals surface area (Å²) < 4.78 is 0. The lowest BCUT2D eigenvalue weighted by Crippen LogP contribution is -2.31. The number of nitrogens with zero attached hydrogens (tertiary/aromatic N) is 3. The van der Waals surface area contributed by atoms with Gasteiger partial charge in [0, 0.05) is 58.8 Å². The first kappa shape index (κ1) is 30.0. The predicted molar refractivity (Wildman–Crippen MR) is 165 cm³/mol. The fourth-order valence-electron chi connectivity index (χ4n) is 4.11. The average Bonchev–Trinajstić information content (AvgIpc) is 2.94. The van der Waals surface area contributed by atoms with Crippen LogP contribution in [-0.4, -0.2) is 67.8 Å². The highest BCUT2D eigenvalue weighted by Crippen LogP contribution is 2.33. The highest BCUT2D eigenvalue weighted by atomic mass is 16.1. The number of pyridine rings is 2. The smallest absolute Gasteiger partial charge is 0.251 e. The molecule has 0 spiro atoms. The molecule has 2 heterocycles. The first-order valence-electron chi connectivity index (χ1n) is 13.0. The van der Waals surface area contributed by atoms with E-state index in [1.807, 2.05) is 77.3 Å². The number of rotatable bonds is 6. The van der Waals surface area contributed by atoms with Gasteiger partial charge in [0.2, 0.25) is 0 Å². The molecule has 0 aliphatic heterocycles. The van der Waals surface area contributed by atoms with Crippen molar-refractivity contribution in [3.63, 3.8) is 0 Å². The summed E-state index contributed by atoms with van der Waals surface area (Å²) in [6, 6.07) is 14.7. The Morgan fingerprint density at radius 2 is 1.65 bits per heavy atom. The third-order valence-corrected chi connectivity index (χ3v) is 6.27. The first-order chi connectivity index (χ1) is 19.2. The van der Waals surface area contributed by atoms with E-state index in [0.717, 1.165) is 45.4 Å². The maximum atomic E-state index is 12.5. The molecule has 1 amide bonds. The summed E-state index contributed by atoms with van der Waals surface area (Å²) in [6.07, 6.45) is 3.34. The number of aryl methyl sites for hydroxylation is 1. The number of fused-ring (bicyclic) bond motifs is 1. The van der Waals surface area contributed by atoms with E-state index < -0.39 is 0 Å². The Morgan fingerprint density at radius 1 is 1.00 bits per heavy atom. The Balaban J connectivity index is 0.00000141. The monoisotopic (exact) mass is 535 g/mol. The number of aromatic nitrogens is 2. The maximum Gasteiger partial charge on any atom is 0.251 e. The lowest BCUT2D eigenvalue weighted by atomic mass is 9.93. The van der Waals surface area contributed by atoms with E-state index >= 15 is 0 Å². The van der Waals surface area contributed by atoms with E-state index in [1.165, 1.54) is 0 Å². The van der Waals surface area contributed by atoms with Crippen molar-refractivity contribution in [3.05, 3.63) is 88.7 Å². The second kappa shape index (κ2) is 14.0. The Bertz CT molecular complexity index is 1550. The van der Waals surface area contributed by atoms with Gasteiger partial charge >= 0.3 is 0 Å². The molecule has 0 radical (unpaired) electrons. The van der Waals surface area contributed by atoms with Crippen molar-refractivity contribution >= 4 is 28.2 Å². The number of amides is 1. The van der Waals surface area contributed by atoms with Gasteiger partial charge in [-0.25, -0.2) is 4.98 Å². The van der Waals surface area contributed by atoms with E-state index in [9.17, 15) is 4.79 Å². The van der Waals surface area contributed by atoms with Crippen LogP contribution in [0.25, 0.3) is 22.2 Å². The Hall–Kier alpha value is -4.58. The Labute approximate surface area is 236 Å². The number of carbonyl (C=O) groups excluding carboxylic acids is 1. The first-order valence-corrected chi connectivity index (χ1v) is 13.0. The molecule has 0 aliphatic carbocycles. The summed E-state index contributed by atoms with van der Waals surface area (Å²) in [4.78, 5) is 23.4. The molecule has 4 aromatic rings. The van der Waals surface area contributed by atoms with E-state index in [2.05, 4.69) is 27.5 Å². The maximum absolute atomic E-state index is 12.5. The second-order valence-electron chi connectivity index (χ2n) is 9.63. The van der Waals surface area contributed by atoms with E-state index in [-0.39, 0.29) is 11.6 Å².